The van der Waals surface area contributed by atoms with Gasteiger partial charge < -0.3 is 9.63 Å². The number of pyridine rings is 1. The van der Waals surface area contributed by atoms with Gasteiger partial charge >= 0.3 is 6.18 Å². The van der Waals surface area contributed by atoms with Crippen molar-refractivity contribution in [2.75, 3.05) is 5.75 Å². The molecule has 11 heteroatoms. The van der Waals surface area contributed by atoms with Gasteiger partial charge in [0, 0.05) is 5.56 Å². The van der Waals surface area contributed by atoms with Crippen molar-refractivity contribution in [2.45, 2.75) is 11.2 Å². The highest BCUT2D eigenvalue weighted by Crippen LogP contribution is 2.38. The van der Waals surface area contributed by atoms with Gasteiger partial charge in [0.1, 0.15) is 11.1 Å². The number of benzene rings is 1. The van der Waals surface area contributed by atoms with E-state index in [1.807, 2.05) is 0 Å². The summed E-state index contributed by atoms with van der Waals surface area (Å²) < 4.78 is 45.9. The van der Waals surface area contributed by atoms with Crippen LogP contribution in [0.2, 0.25) is 0 Å². The molecule has 0 unspecified atom stereocenters. The Morgan fingerprint density at radius 3 is 2.59 bits per heavy atom. The summed E-state index contributed by atoms with van der Waals surface area (Å²) in [6, 6.07) is 10.5. The Morgan fingerprint density at radius 2 is 2.03 bits per heavy atom. The van der Waals surface area contributed by atoms with Gasteiger partial charge in [-0.1, -0.05) is 46.8 Å². The molecule has 0 radical (unpaired) electrons. The van der Waals surface area contributed by atoms with E-state index in [-0.39, 0.29) is 16.4 Å². The minimum absolute atomic E-state index is 0.00641. The number of alkyl halides is 3. The molecule has 7 nitrogen and oxygen atoms in total. The van der Waals surface area contributed by atoms with Crippen LogP contribution in [-0.4, -0.2) is 21.8 Å². The second kappa shape index (κ2) is 7.92. The first-order valence-corrected chi connectivity index (χ1v) is 8.97. The average Bonchev–Trinajstić information content (AvgIpc) is 3.03. The number of hydrogen-bond acceptors (Lipinski definition) is 7. The molecule has 0 fully saturated rings. The van der Waals surface area contributed by atoms with Gasteiger partial charge in [0.2, 0.25) is 5.78 Å². The molecule has 3 rings (SSSR count). The number of carbonyl (C=O) groups is 1. The SMILES string of the molecule is C[n+]1noc([O-])c1C(=O)CSc1nc(-c2ccccc2)cc(C(F)(F)F)c1C#N. The zero-order valence-electron chi connectivity index (χ0n) is 14.7. The number of nitrogens with zero attached hydrogens (tertiary/aromatic N) is 4. The first kappa shape index (κ1) is 20.3. The van der Waals surface area contributed by atoms with Crippen LogP contribution in [0.1, 0.15) is 21.6 Å². The van der Waals surface area contributed by atoms with Crippen LogP contribution in [0.3, 0.4) is 0 Å². The molecule has 0 atom stereocenters. The van der Waals surface area contributed by atoms with Crippen LogP contribution < -0.4 is 9.79 Å². The van der Waals surface area contributed by atoms with Crippen molar-refractivity contribution in [1.82, 2.24) is 10.3 Å². The Morgan fingerprint density at radius 1 is 1.34 bits per heavy atom. The Kier molecular flexibility index (Phi) is 5.56. The van der Waals surface area contributed by atoms with E-state index >= 15 is 0 Å². The van der Waals surface area contributed by atoms with E-state index in [0.717, 1.165) is 10.7 Å². The number of hydrogen-bond donors (Lipinski definition) is 0. The van der Waals surface area contributed by atoms with E-state index < -0.39 is 34.8 Å². The number of aromatic nitrogens is 3. The molecule has 29 heavy (non-hydrogen) atoms. The van der Waals surface area contributed by atoms with E-state index in [9.17, 15) is 28.3 Å². The fraction of sp³-hybridized carbons (Fsp3) is 0.167. The van der Waals surface area contributed by atoms with Crippen molar-refractivity contribution < 1.29 is 32.3 Å². The lowest BCUT2D eigenvalue weighted by Crippen LogP contribution is -2.37. The minimum Gasteiger partial charge on any atom is -0.539 e. The predicted octanol–water partition coefficient (Wildman–Crippen LogP) is 2.50. The second-order valence-electron chi connectivity index (χ2n) is 5.76. The lowest BCUT2D eigenvalue weighted by atomic mass is 10.1. The summed E-state index contributed by atoms with van der Waals surface area (Å²) in [4.78, 5) is 16.4. The Labute approximate surface area is 166 Å². The molecule has 0 N–H and O–H groups in total. The summed E-state index contributed by atoms with van der Waals surface area (Å²) in [6.45, 7) is 0. The molecule has 2 aromatic heterocycles. The molecule has 0 saturated heterocycles. The highest BCUT2D eigenvalue weighted by Gasteiger charge is 2.36. The first-order chi connectivity index (χ1) is 13.7. The maximum absolute atomic E-state index is 13.5. The van der Waals surface area contributed by atoms with Crippen molar-refractivity contribution in [2.24, 2.45) is 7.05 Å². The highest BCUT2D eigenvalue weighted by atomic mass is 32.2. The zero-order valence-corrected chi connectivity index (χ0v) is 15.5. The van der Waals surface area contributed by atoms with Crippen molar-refractivity contribution in [1.29, 1.82) is 5.26 Å². The van der Waals surface area contributed by atoms with Crippen molar-refractivity contribution >= 4 is 17.5 Å². The first-order valence-electron chi connectivity index (χ1n) is 7.99. The van der Waals surface area contributed by atoms with Crippen LogP contribution in [0.15, 0.2) is 45.9 Å². The summed E-state index contributed by atoms with van der Waals surface area (Å²) in [7, 11) is 1.32. The van der Waals surface area contributed by atoms with Crippen molar-refractivity contribution in [3.8, 4) is 23.3 Å². The zero-order chi connectivity index (χ0) is 21.2. The van der Waals surface area contributed by atoms with Gasteiger partial charge in [-0.3, -0.25) is 4.79 Å². The maximum Gasteiger partial charge on any atom is 0.417 e. The van der Waals surface area contributed by atoms with Crippen LogP contribution in [0.5, 0.6) is 5.95 Å². The van der Waals surface area contributed by atoms with Gasteiger partial charge in [-0.15, -0.1) is 0 Å². The third-order valence-electron chi connectivity index (χ3n) is 3.84. The van der Waals surface area contributed by atoms with Crippen LogP contribution >= 0.6 is 11.8 Å². The monoisotopic (exact) mass is 420 g/mol. The normalized spacial score (nSPS) is 11.3. The van der Waals surface area contributed by atoms with Gasteiger partial charge in [0.25, 0.3) is 5.69 Å². The van der Waals surface area contributed by atoms with Crippen molar-refractivity contribution in [3.05, 3.63) is 53.2 Å². The molecule has 0 aliphatic rings. The van der Waals surface area contributed by atoms with Crippen molar-refractivity contribution in [3.63, 3.8) is 0 Å². The fourth-order valence-electron chi connectivity index (χ4n) is 2.53. The molecule has 0 saturated carbocycles. The van der Waals surface area contributed by atoms with E-state index in [1.54, 1.807) is 30.3 Å². The van der Waals surface area contributed by atoms with Gasteiger partial charge in [-0.2, -0.15) is 18.4 Å². The lowest BCUT2D eigenvalue weighted by Gasteiger charge is -2.14. The quantitative estimate of drug-likeness (QED) is 0.355. The Balaban J connectivity index is 2.03. The number of nitriles is 1. The van der Waals surface area contributed by atoms with E-state index in [4.69, 9.17) is 0 Å². The molecule has 0 aliphatic heterocycles. The average molecular weight is 420 g/mol. The van der Waals surface area contributed by atoms with Gasteiger partial charge in [-0.05, 0) is 6.07 Å². The molecule has 0 bridgehead atoms. The summed E-state index contributed by atoms with van der Waals surface area (Å²) in [5, 5.41) is 23.9. The summed E-state index contributed by atoms with van der Waals surface area (Å²) in [5.74, 6) is -2.10. The molecular weight excluding hydrogens is 409 g/mol. The van der Waals surface area contributed by atoms with Gasteiger partial charge in [0.05, 0.1) is 27.8 Å². The third-order valence-corrected chi connectivity index (χ3v) is 4.82. The van der Waals surface area contributed by atoms with Crippen LogP contribution in [-0.2, 0) is 13.2 Å². The molecule has 3 aromatic rings. The van der Waals surface area contributed by atoms with E-state index in [0.29, 0.717) is 17.3 Å². The van der Waals surface area contributed by atoms with Crippen LogP contribution in [0.4, 0.5) is 13.2 Å². The number of aryl methyl sites for hydroxylation is 1. The number of halogens is 3. The molecule has 0 spiro atoms. The smallest absolute Gasteiger partial charge is 0.417 e. The highest BCUT2D eigenvalue weighted by molar-refractivity contribution is 8.00. The summed E-state index contributed by atoms with van der Waals surface area (Å²) >= 11 is 0.630. The predicted molar refractivity (Wildman–Crippen MR) is 91.6 cm³/mol. The second-order valence-corrected chi connectivity index (χ2v) is 6.72. The number of Topliss-reactive ketones (excluding diaryl/α,β-unsaturated/α-hetero) is 1. The topological polar surface area (TPSA) is 107 Å². The molecule has 1 aromatic carbocycles. The lowest BCUT2D eigenvalue weighted by molar-refractivity contribution is -0.741. The molecule has 2 heterocycles. The van der Waals surface area contributed by atoms with E-state index in [1.165, 1.54) is 13.1 Å². The standard InChI is InChI=1S/C18H11F3N4O3S/c1-25-15(17(27)28-24-25)14(26)9-29-16-11(8-22)12(18(19,20)21)7-13(23-16)10-5-3-2-4-6-10/h2-7H,9H2,1H3. The third kappa shape index (κ3) is 4.22. The fourth-order valence-corrected chi connectivity index (χ4v) is 3.39. The summed E-state index contributed by atoms with van der Waals surface area (Å²) in [6.07, 6.45) is -4.79. The van der Waals surface area contributed by atoms with Crippen LogP contribution in [0.25, 0.3) is 11.3 Å². The van der Waals surface area contributed by atoms with Gasteiger partial charge in [-0.25, -0.2) is 4.98 Å². The number of rotatable bonds is 5. The minimum atomic E-state index is -4.79. The summed E-state index contributed by atoms with van der Waals surface area (Å²) in [5.41, 5.74) is -1.77. The molecular formula is C18H11F3N4O3S. The number of thioether (sulfide) groups is 1. The van der Waals surface area contributed by atoms with Crippen LogP contribution in [0, 0.1) is 11.3 Å². The molecule has 0 amide bonds. The maximum atomic E-state index is 13.5. The number of ketones is 1. The molecule has 0 aliphatic carbocycles. The largest absolute Gasteiger partial charge is 0.539 e. The van der Waals surface area contributed by atoms with Gasteiger partial charge in [0.15, 0.2) is 13.0 Å². The Bertz CT molecular complexity index is 1090. The molecule has 148 valence electrons. The van der Waals surface area contributed by atoms with E-state index in [2.05, 4.69) is 14.8 Å². The number of carbonyl (C=O) groups excluding carboxylic acids is 1. The Hall–Kier alpha value is -3.39.